The first-order valence-electron chi connectivity index (χ1n) is 9.92. The Morgan fingerprint density at radius 1 is 1.10 bits per heavy atom. The number of carbonyl (C=O) groups excluding carboxylic acids is 2. The van der Waals surface area contributed by atoms with Gasteiger partial charge in [-0.05, 0) is 36.6 Å². The standard InChI is InChI=1S/C23H25NO6/c1-3-18-19(20(25)16-9-11-17(12-10-16)24(28)29)22(27)23(2,21(18)26)14-30-13-15-7-5-4-6-8-15/h4-12,18-20,25H,3,13-14H2,1-2H3/t18-,19+,20+,23-/m0/s1. The number of hydrogen-bond acceptors (Lipinski definition) is 6. The number of Topliss-reactive ketones (excluding diaryl/α,β-unsaturated/α-hetero) is 2. The highest BCUT2D eigenvalue weighted by Gasteiger charge is 2.58. The predicted molar refractivity (Wildman–Crippen MR) is 110 cm³/mol. The van der Waals surface area contributed by atoms with Crippen LogP contribution in [0.3, 0.4) is 0 Å². The van der Waals surface area contributed by atoms with Crippen LogP contribution in [0, 0.1) is 27.4 Å². The summed E-state index contributed by atoms with van der Waals surface area (Å²) >= 11 is 0. The molecule has 0 spiro atoms. The first-order chi connectivity index (χ1) is 14.3. The number of nitro groups is 1. The maximum absolute atomic E-state index is 13.3. The third-order valence-corrected chi connectivity index (χ3v) is 5.89. The van der Waals surface area contributed by atoms with Gasteiger partial charge in [0, 0.05) is 18.1 Å². The molecule has 0 saturated heterocycles. The molecule has 7 heteroatoms. The number of nitro benzene ring substituents is 1. The summed E-state index contributed by atoms with van der Waals surface area (Å²) < 4.78 is 5.72. The summed E-state index contributed by atoms with van der Waals surface area (Å²) in [6.07, 6.45) is -0.809. The van der Waals surface area contributed by atoms with Gasteiger partial charge in [-0.1, -0.05) is 37.3 Å². The number of carbonyl (C=O) groups is 2. The van der Waals surface area contributed by atoms with Crippen molar-refractivity contribution in [2.75, 3.05) is 6.61 Å². The molecule has 30 heavy (non-hydrogen) atoms. The van der Waals surface area contributed by atoms with Gasteiger partial charge in [0.2, 0.25) is 0 Å². The highest BCUT2D eigenvalue weighted by atomic mass is 16.6. The molecule has 0 radical (unpaired) electrons. The van der Waals surface area contributed by atoms with Crippen LogP contribution in [0.1, 0.15) is 37.5 Å². The van der Waals surface area contributed by atoms with Crippen molar-refractivity contribution in [1.82, 2.24) is 0 Å². The first kappa shape index (κ1) is 21.8. The van der Waals surface area contributed by atoms with Gasteiger partial charge in [-0.2, -0.15) is 0 Å². The molecule has 0 unspecified atom stereocenters. The molecule has 0 aromatic heterocycles. The molecule has 1 aliphatic carbocycles. The van der Waals surface area contributed by atoms with Crippen LogP contribution in [-0.4, -0.2) is 28.2 Å². The second kappa shape index (κ2) is 8.85. The minimum Gasteiger partial charge on any atom is -0.388 e. The fourth-order valence-corrected chi connectivity index (χ4v) is 4.14. The van der Waals surface area contributed by atoms with Crippen molar-refractivity contribution in [2.24, 2.45) is 17.3 Å². The van der Waals surface area contributed by atoms with Crippen molar-refractivity contribution in [3.8, 4) is 0 Å². The van der Waals surface area contributed by atoms with E-state index in [9.17, 15) is 24.8 Å². The second-order valence-corrected chi connectivity index (χ2v) is 7.87. The second-order valence-electron chi connectivity index (χ2n) is 7.87. The van der Waals surface area contributed by atoms with E-state index in [1.54, 1.807) is 6.92 Å². The molecule has 0 amide bonds. The van der Waals surface area contributed by atoms with Crippen LogP contribution in [0.15, 0.2) is 54.6 Å². The van der Waals surface area contributed by atoms with E-state index in [-0.39, 0.29) is 30.5 Å². The number of benzene rings is 2. The summed E-state index contributed by atoms with van der Waals surface area (Å²) in [5.41, 5.74) is -0.124. The van der Waals surface area contributed by atoms with Crippen LogP contribution in [0.2, 0.25) is 0 Å². The Bertz CT molecular complexity index is 926. The van der Waals surface area contributed by atoms with E-state index in [1.165, 1.54) is 24.3 Å². The lowest BCUT2D eigenvalue weighted by Gasteiger charge is -2.23. The number of hydrogen-bond donors (Lipinski definition) is 1. The van der Waals surface area contributed by atoms with Crippen LogP contribution in [0.4, 0.5) is 5.69 Å². The largest absolute Gasteiger partial charge is 0.388 e. The zero-order chi connectivity index (χ0) is 21.9. The van der Waals surface area contributed by atoms with Gasteiger partial charge in [-0.25, -0.2) is 0 Å². The zero-order valence-corrected chi connectivity index (χ0v) is 17.0. The number of rotatable bonds is 8. The summed E-state index contributed by atoms with van der Waals surface area (Å²) in [5, 5.41) is 21.7. The molecule has 7 nitrogen and oxygen atoms in total. The fourth-order valence-electron chi connectivity index (χ4n) is 4.14. The van der Waals surface area contributed by atoms with Crippen LogP contribution < -0.4 is 0 Å². The number of aliphatic hydroxyl groups is 1. The maximum Gasteiger partial charge on any atom is 0.269 e. The molecule has 3 rings (SSSR count). The summed E-state index contributed by atoms with van der Waals surface area (Å²) in [7, 11) is 0. The molecular formula is C23H25NO6. The SMILES string of the molecule is CC[C@@H]1C(=O)[C@](C)(COCc2ccccc2)C(=O)[C@H]1[C@H](O)c1ccc([N+](=O)[O-])cc1. The van der Waals surface area contributed by atoms with Gasteiger partial charge in [-0.15, -0.1) is 0 Å². The fraction of sp³-hybridized carbons (Fsp3) is 0.391. The third kappa shape index (κ3) is 4.04. The van der Waals surface area contributed by atoms with Gasteiger partial charge in [0.05, 0.1) is 30.2 Å². The Morgan fingerprint density at radius 3 is 2.30 bits per heavy atom. The molecule has 1 aliphatic rings. The van der Waals surface area contributed by atoms with Crippen LogP contribution in [0.25, 0.3) is 0 Å². The summed E-state index contributed by atoms with van der Waals surface area (Å²) in [4.78, 5) is 36.7. The number of aliphatic hydroxyl groups excluding tert-OH is 1. The molecule has 1 saturated carbocycles. The minimum atomic E-state index is -1.33. The highest BCUT2D eigenvalue weighted by molar-refractivity contribution is 6.15. The normalized spacial score (nSPS) is 24.8. The first-order valence-corrected chi connectivity index (χ1v) is 9.92. The van der Waals surface area contributed by atoms with Gasteiger partial charge in [0.15, 0.2) is 11.6 Å². The number of ether oxygens (including phenoxy) is 1. The summed E-state index contributed by atoms with van der Waals surface area (Å²) in [5.74, 6) is -2.12. The van der Waals surface area contributed by atoms with E-state index >= 15 is 0 Å². The van der Waals surface area contributed by atoms with Crippen molar-refractivity contribution >= 4 is 17.3 Å². The molecule has 1 N–H and O–H groups in total. The quantitative estimate of drug-likeness (QED) is 0.404. The molecular weight excluding hydrogens is 386 g/mol. The Hall–Kier alpha value is -2.90. The van der Waals surface area contributed by atoms with Gasteiger partial charge < -0.3 is 9.84 Å². The number of nitrogens with zero attached hydrogens (tertiary/aromatic N) is 1. The zero-order valence-electron chi connectivity index (χ0n) is 17.0. The van der Waals surface area contributed by atoms with Crippen molar-refractivity contribution in [3.63, 3.8) is 0 Å². The van der Waals surface area contributed by atoms with E-state index in [4.69, 9.17) is 4.74 Å². The van der Waals surface area contributed by atoms with Crippen LogP contribution >= 0.6 is 0 Å². The molecule has 0 aliphatic heterocycles. The Kier molecular flexibility index (Phi) is 6.43. The van der Waals surface area contributed by atoms with Gasteiger partial charge in [0.25, 0.3) is 5.69 Å². The Balaban J connectivity index is 1.78. The molecule has 2 aromatic rings. The van der Waals surface area contributed by atoms with E-state index in [2.05, 4.69) is 0 Å². The van der Waals surface area contributed by atoms with Crippen LogP contribution in [-0.2, 0) is 20.9 Å². The average molecular weight is 411 g/mol. The molecule has 0 heterocycles. The smallest absolute Gasteiger partial charge is 0.269 e. The average Bonchev–Trinajstić information content (AvgIpc) is 2.94. The van der Waals surface area contributed by atoms with Crippen molar-refractivity contribution < 1.29 is 24.4 Å². The number of ketones is 2. The predicted octanol–water partition coefficient (Wildman–Crippen LogP) is 3.65. The monoisotopic (exact) mass is 411 g/mol. The Labute approximate surface area is 174 Å². The lowest BCUT2D eigenvalue weighted by molar-refractivity contribution is -0.384. The molecule has 2 aromatic carbocycles. The summed E-state index contributed by atoms with van der Waals surface area (Å²) in [6, 6.07) is 14.9. The number of non-ortho nitro benzene ring substituents is 1. The summed E-state index contributed by atoms with van der Waals surface area (Å²) in [6.45, 7) is 3.61. The Morgan fingerprint density at radius 2 is 1.73 bits per heavy atom. The van der Waals surface area contributed by atoms with Crippen molar-refractivity contribution in [2.45, 2.75) is 33.0 Å². The minimum absolute atomic E-state index is 0.0560. The molecule has 4 atom stereocenters. The third-order valence-electron chi connectivity index (χ3n) is 5.89. The van der Waals surface area contributed by atoms with Crippen molar-refractivity contribution in [1.29, 1.82) is 0 Å². The topological polar surface area (TPSA) is 107 Å². The van der Waals surface area contributed by atoms with E-state index in [0.717, 1.165) is 5.56 Å². The van der Waals surface area contributed by atoms with Gasteiger partial charge in [0.1, 0.15) is 5.41 Å². The molecule has 1 fully saturated rings. The lowest BCUT2D eigenvalue weighted by Crippen LogP contribution is -2.36. The van der Waals surface area contributed by atoms with Gasteiger partial charge in [-0.3, -0.25) is 19.7 Å². The van der Waals surface area contributed by atoms with Crippen molar-refractivity contribution in [3.05, 3.63) is 75.8 Å². The van der Waals surface area contributed by atoms with E-state index in [0.29, 0.717) is 12.0 Å². The van der Waals surface area contributed by atoms with E-state index < -0.39 is 28.3 Å². The highest BCUT2D eigenvalue weighted by Crippen LogP contribution is 2.46. The van der Waals surface area contributed by atoms with Gasteiger partial charge >= 0.3 is 0 Å². The van der Waals surface area contributed by atoms with Crippen LogP contribution in [0.5, 0.6) is 0 Å². The molecule has 158 valence electrons. The lowest BCUT2D eigenvalue weighted by atomic mass is 9.83. The van der Waals surface area contributed by atoms with E-state index in [1.807, 2.05) is 37.3 Å². The molecule has 0 bridgehead atoms. The maximum atomic E-state index is 13.3.